The van der Waals surface area contributed by atoms with E-state index in [0.29, 0.717) is 6.04 Å². The Hall–Kier alpha value is -0.870. The van der Waals surface area contributed by atoms with Gasteiger partial charge in [0.1, 0.15) is 5.76 Å². The molecule has 0 radical (unpaired) electrons. The van der Waals surface area contributed by atoms with Gasteiger partial charge < -0.3 is 14.6 Å². The Morgan fingerprint density at radius 1 is 1.44 bits per heavy atom. The molecule has 0 amide bonds. The van der Waals surface area contributed by atoms with E-state index < -0.39 is 0 Å². The molecule has 1 N–H and O–H groups in total. The highest BCUT2D eigenvalue weighted by Gasteiger charge is 2.11. The van der Waals surface area contributed by atoms with Crippen molar-refractivity contribution in [3.8, 4) is 0 Å². The Bertz CT molecular complexity index is 284. The standard InChI is InChI=1S/C12H22N2O2/c1-5-6-11(8-15-4)13-7-12-9(2)14-16-10(12)3/h11,13H,5-8H2,1-4H3. The summed E-state index contributed by atoms with van der Waals surface area (Å²) in [6.07, 6.45) is 2.28. The smallest absolute Gasteiger partial charge is 0.138 e. The molecule has 0 aliphatic carbocycles. The van der Waals surface area contributed by atoms with Gasteiger partial charge in [-0.25, -0.2) is 0 Å². The molecule has 0 saturated heterocycles. The normalized spacial score (nSPS) is 13.0. The third-order valence-corrected chi connectivity index (χ3v) is 2.75. The summed E-state index contributed by atoms with van der Waals surface area (Å²) in [5.74, 6) is 0.901. The fraction of sp³-hybridized carbons (Fsp3) is 0.750. The zero-order valence-corrected chi connectivity index (χ0v) is 10.7. The van der Waals surface area contributed by atoms with E-state index in [1.54, 1.807) is 7.11 Å². The summed E-state index contributed by atoms with van der Waals surface area (Å²) in [5.41, 5.74) is 2.13. The van der Waals surface area contributed by atoms with E-state index in [1.165, 1.54) is 0 Å². The summed E-state index contributed by atoms with van der Waals surface area (Å²) in [6, 6.07) is 0.406. The number of aryl methyl sites for hydroxylation is 2. The molecule has 4 heteroatoms. The van der Waals surface area contributed by atoms with E-state index >= 15 is 0 Å². The number of methoxy groups -OCH3 is 1. The molecule has 0 aromatic carbocycles. The minimum Gasteiger partial charge on any atom is -0.383 e. The lowest BCUT2D eigenvalue weighted by molar-refractivity contribution is 0.161. The van der Waals surface area contributed by atoms with Crippen LogP contribution in [0.25, 0.3) is 0 Å². The summed E-state index contributed by atoms with van der Waals surface area (Å²) in [7, 11) is 1.74. The third-order valence-electron chi connectivity index (χ3n) is 2.75. The van der Waals surface area contributed by atoms with Gasteiger partial charge in [0.05, 0.1) is 12.3 Å². The Morgan fingerprint density at radius 2 is 2.19 bits per heavy atom. The predicted octanol–water partition coefficient (Wildman–Crippen LogP) is 2.20. The van der Waals surface area contributed by atoms with Crippen LogP contribution in [-0.4, -0.2) is 24.9 Å². The maximum absolute atomic E-state index is 5.19. The molecule has 1 aromatic rings. The molecule has 1 aromatic heterocycles. The fourth-order valence-electron chi connectivity index (χ4n) is 1.79. The van der Waals surface area contributed by atoms with Crippen LogP contribution < -0.4 is 5.32 Å². The molecule has 0 spiro atoms. The summed E-state index contributed by atoms with van der Waals surface area (Å²) < 4.78 is 10.3. The highest BCUT2D eigenvalue weighted by molar-refractivity contribution is 5.20. The SMILES string of the molecule is CCCC(COC)NCc1c(C)noc1C. The largest absolute Gasteiger partial charge is 0.383 e. The minimum atomic E-state index is 0.406. The monoisotopic (exact) mass is 226 g/mol. The van der Waals surface area contributed by atoms with Crippen LogP contribution in [0.5, 0.6) is 0 Å². The fourth-order valence-corrected chi connectivity index (χ4v) is 1.79. The minimum absolute atomic E-state index is 0.406. The molecule has 16 heavy (non-hydrogen) atoms. The first-order valence-electron chi connectivity index (χ1n) is 5.83. The molecule has 1 rings (SSSR count). The maximum atomic E-state index is 5.19. The summed E-state index contributed by atoms with van der Waals surface area (Å²) in [4.78, 5) is 0. The number of rotatable bonds is 7. The van der Waals surface area contributed by atoms with Crippen LogP contribution in [-0.2, 0) is 11.3 Å². The first-order valence-corrected chi connectivity index (χ1v) is 5.83. The molecule has 0 aliphatic rings. The Balaban J connectivity index is 2.48. The van der Waals surface area contributed by atoms with Crippen LogP contribution in [0.2, 0.25) is 0 Å². The molecule has 0 aliphatic heterocycles. The van der Waals surface area contributed by atoms with Gasteiger partial charge in [-0.1, -0.05) is 18.5 Å². The van der Waals surface area contributed by atoms with Crippen molar-refractivity contribution < 1.29 is 9.26 Å². The Morgan fingerprint density at radius 3 is 2.69 bits per heavy atom. The Kier molecular flexibility index (Phi) is 5.49. The Labute approximate surface area is 97.3 Å². The van der Waals surface area contributed by atoms with Gasteiger partial charge in [-0.3, -0.25) is 0 Å². The van der Waals surface area contributed by atoms with Crippen molar-refractivity contribution in [1.29, 1.82) is 0 Å². The van der Waals surface area contributed by atoms with Crippen LogP contribution in [0.1, 0.15) is 36.8 Å². The van der Waals surface area contributed by atoms with Crippen molar-refractivity contribution in [1.82, 2.24) is 10.5 Å². The van der Waals surface area contributed by atoms with E-state index in [0.717, 1.165) is 43.0 Å². The number of hydrogen-bond acceptors (Lipinski definition) is 4. The highest BCUT2D eigenvalue weighted by atomic mass is 16.5. The van der Waals surface area contributed by atoms with Gasteiger partial charge in [0, 0.05) is 25.3 Å². The number of ether oxygens (including phenoxy) is 1. The van der Waals surface area contributed by atoms with Gasteiger partial charge in [-0.2, -0.15) is 0 Å². The van der Waals surface area contributed by atoms with Crippen molar-refractivity contribution in [3.63, 3.8) is 0 Å². The molecule has 0 bridgehead atoms. The van der Waals surface area contributed by atoms with Crippen molar-refractivity contribution >= 4 is 0 Å². The summed E-state index contributed by atoms with van der Waals surface area (Å²) in [5, 5.41) is 7.42. The lowest BCUT2D eigenvalue weighted by atomic mass is 10.1. The molecular formula is C12H22N2O2. The maximum Gasteiger partial charge on any atom is 0.138 e. The average Bonchev–Trinajstić information content (AvgIpc) is 2.56. The summed E-state index contributed by atoms with van der Waals surface area (Å²) in [6.45, 7) is 7.65. The lowest BCUT2D eigenvalue weighted by Crippen LogP contribution is -2.32. The van der Waals surface area contributed by atoms with E-state index in [-0.39, 0.29) is 0 Å². The zero-order chi connectivity index (χ0) is 12.0. The number of nitrogens with zero attached hydrogens (tertiary/aromatic N) is 1. The molecule has 1 unspecified atom stereocenters. The zero-order valence-electron chi connectivity index (χ0n) is 10.7. The molecule has 4 nitrogen and oxygen atoms in total. The lowest BCUT2D eigenvalue weighted by Gasteiger charge is -2.16. The molecule has 0 fully saturated rings. The first-order chi connectivity index (χ1) is 7.69. The van der Waals surface area contributed by atoms with E-state index in [1.807, 2.05) is 13.8 Å². The van der Waals surface area contributed by atoms with Crippen molar-refractivity contribution in [2.75, 3.05) is 13.7 Å². The summed E-state index contributed by atoms with van der Waals surface area (Å²) >= 11 is 0. The first kappa shape index (κ1) is 13.2. The molecule has 0 saturated carbocycles. The number of hydrogen-bond donors (Lipinski definition) is 1. The van der Waals surface area contributed by atoms with E-state index in [9.17, 15) is 0 Å². The highest BCUT2D eigenvalue weighted by Crippen LogP contribution is 2.12. The topological polar surface area (TPSA) is 47.3 Å². The number of nitrogens with one attached hydrogen (secondary N) is 1. The van der Waals surface area contributed by atoms with Crippen LogP contribution in [0.15, 0.2) is 4.52 Å². The van der Waals surface area contributed by atoms with Gasteiger partial charge >= 0.3 is 0 Å². The van der Waals surface area contributed by atoms with E-state index in [2.05, 4.69) is 17.4 Å². The van der Waals surface area contributed by atoms with Gasteiger partial charge in [0.2, 0.25) is 0 Å². The van der Waals surface area contributed by atoms with Gasteiger partial charge in [0.25, 0.3) is 0 Å². The van der Waals surface area contributed by atoms with Crippen LogP contribution in [0, 0.1) is 13.8 Å². The van der Waals surface area contributed by atoms with Crippen LogP contribution >= 0.6 is 0 Å². The van der Waals surface area contributed by atoms with Crippen molar-refractivity contribution in [2.45, 2.75) is 46.2 Å². The predicted molar refractivity (Wildman–Crippen MR) is 63.4 cm³/mol. The molecule has 1 heterocycles. The molecular weight excluding hydrogens is 204 g/mol. The molecule has 92 valence electrons. The van der Waals surface area contributed by atoms with E-state index in [4.69, 9.17) is 9.26 Å². The van der Waals surface area contributed by atoms with Gasteiger partial charge in [-0.15, -0.1) is 0 Å². The van der Waals surface area contributed by atoms with Gasteiger partial charge in [-0.05, 0) is 20.3 Å². The second-order valence-corrected chi connectivity index (χ2v) is 4.12. The van der Waals surface area contributed by atoms with Crippen LogP contribution in [0.4, 0.5) is 0 Å². The third kappa shape index (κ3) is 3.61. The second-order valence-electron chi connectivity index (χ2n) is 4.12. The van der Waals surface area contributed by atoms with Crippen molar-refractivity contribution in [3.05, 3.63) is 17.0 Å². The average molecular weight is 226 g/mol. The number of aromatic nitrogens is 1. The van der Waals surface area contributed by atoms with Crippen molar-refractivity contribution in [2.24, 2.45) is 0 Å². The quantitative estimate of drug-likeness (QED) is 0.774. The molecule has 1 atom stereocenters. The second kappa shape index (κ2) is 6.66. The van der Waals surface area contributed by atoms with Gasteiger partial charge in [0.15, 0.2) is 0 Å². The van der Waals surface area contributed by atoms with Crippen LogP contribution in [0.3, 0.4) is 0 Å².